The highest BCUT2D eigenvalue weighted by Crippen LogP contribution is 2.35. The zero-order valence-electron chi connectivity index (χ0n) is 23.6. The molecular formula is C29H59N3O. The second-order valence-corrected chi connectivity index (χ2v) is 12.0. The van der Waals surface area contributed by atoms with E-state index in [1.54, 1.807) is 5.01 Å². The quantitative estimate of drug-likeness (QED) is 0.126. The van der Waals surface area contributed by atoms with Crippen molar-refractivity contribution in [3.05, 3.63) is 0 Å². The summed E-state index contributed by atoms with van der Waals surface area (Å²) < 4.78 is 0. The molecule has 0 radical (unpaired) electrons. The Morgan fingerprint density at radius 2 is 1.12 bits per heavy atom. The summed E-state index contributed by atoms with van der Waals surface area (Å²) in [4.78, 5) is 2.46. The van der Waals surface area contributed by atoms with Crippen LogP contribution in [0.5, 0.6) is 0 Å². The summed E-state index contributed by atoms with van der Waals surface area (Å²) in [6.07, 6.45) is 22.9. The molecule has 33 heavy (non-hydrogen) atoms. The minimum Gasteiger partial charge on any atom is -0.372 e. The second-order valence-electron chi connectivity index (χ2n) is 12.0. The maximum atomic E-state index is 10.6. The van der Waals surface area contributed by atoms with E-state index in [9.17, 15) is 5.11 Å². The summed E-state index contributed by atoms with van der Waals surface area (Å²) in [5, 5.41) is 17.2. The van der Waals surface area contributed by atoms with Crippen molar-refractivity contribution in [1.29, 1.82) is 0 Å². The van der Waals surface area contributed by atoms with Gasteiger partial charge in [-0.1, -0.05) is 96.8 Å². The van der Waals surface area contributed by atoms with Crippen LogP contribution in [0.2, 0.25) is 0 Å². The Labute approximate surface area is 207 Å². The third kappa shape index (κ3) is 12.6. The van der Waals surface area contributed by atoms with Gasteiger partial charge in [0.15, 0.2) is 0 Å². The molecule has 1 N–H and O–H groups in total. The fourth-order valence-corrected chi connectivity index (χ4v) is 5.36. The minimum absolute atomic E-state index is 0.0978. The molecule has 1 saturated heterocycles. The van der Waals surface area contributed by atoms with E-state index in [1.165, 1.54) is 95.6 Å². The summed E-state index contributed by atoms with van der Waals surface area (Å²) in [6.45, 7) is 11.4. The van der Waals surface area contributed by atoms with Crippen LogP contribution in [0.1, 0.15) is 150 Å². The maximum absolute atomic E-state index is 10.6. The summed E-state index contributed by atoms with van der Waals surface area (Å²) in [6, 6.07) is 0. The first kappa shape index (κ1) is 30.4. The number of piperidine rings is 1. The molecule has 4 nitrogen and oxygen atoms in total. The van der Waals surface area contributed by atoms with E-state index in [1.807, 2.05) is 7.05 Å². The molecule has 1 aliphatic heterocycles. The lowest BCUT2D eigenvalue weighted by molar-refractivity contribution is 0.00992. The second kappa shape index (κ2) is 16.1. The van der Waals surface area contributed by atoms with E-state index in [2.05, 4.69) is 46.6 Å². The molecule has 196 valence electrons. The summed E-state index contributed by atoms with van der Waals surface area (Å²) >= 11 is 0. The normalized spacial score (nSPS) is 19.0. The smallest absolute Gasteiger partial charge is 0.142 e. The Balaban J connectivity index is 2.06. The molecule has 0 bridgehead atoms. The zero-order valence-corrected chi connectivity index (χ0v) is 23.6. The third-order valence-corrected chi connectivity index (χ3v) is 7.89. The number of aliphatic hydroxyl groups is 1. The molecule has 0 spiro atoms. The summed E-state index contributed by atoms with van der Waals surface area (Å²) in [5.41, 5.74) is 1.41. The van der Waals surface area contributed by atoms with E-state index in [0.717, 1.165) is 25.7 Å². The molecule has 0 amide bonds. The van der Waals surface area contributed by atoms with Gasteiger partial charge in [-0.3, -0.25) is 9.91 Å². The summed E-state index contributed by atoms with van der Waals surface area (Å²) in [7, 11) is 4.15. The number of likely N-dealkylation sites (tertiary alicyclic amines) is 1. The van der Waals surface area contributed by atoms with Crippen LogP contribution in [0, 0.1) is 0 Å². The van der Waals surface area contributed by atoms with Gasteiger partial charge in [0.05, 0.1) is 0 Å². The molecule has 0 aromatic heterocycles. The highest BCUT2D eigenvalue weighted by molar-refractivity contribution is 5.87. The lowest BCUT2D eigenvalue weighted by atomic mass is 9.79. The van der Waals surface area contributed by atoms with Crippen molar-refractivity contribution >= 4 is 5.71 Å². The lowest BCUT2D eigenvalue weighted by Crippen LogP contribution is -2.59. The highest BCUT2D eigenvalue weighted by atomic mass is 16.3. The Morgan fingerprint density at radius 3 is 1.52 bits per heavy atom. The third-order valence-electron chi connectivity index (χ3n) is 7.89. The average molecular weight is 466 g/mol. The van der Waals surface area contributed by atoms with Crippen molar-refractivity contribution in [2.24, 2.45) is 5.10 Å². The van der Waals surface area contributed by atoms with Gasteiger partial charge in [-0.2, -0.15) is 5.10 Å². The topological polar surface area (TPSA) is 39.1 Å². The fourth-order valence-electron chi connectivity index (χ4n) is 5.36. The molecule has 0 aromatic rings. The van der Waals surface area contributed by atoms with Gasteiger partial charge in [-0.15, -0.1) is 0 Å². The number of rotatable bonds is 18. The number of hydrogen-bond acceptors (Lipinski definition) is 4. The molecule has 1 heterocycles. The predicted octanol–water partition coefficient (Wildman–Crippen LogP) is 8.14. The van der Waals surface area contributed by atoms with Crippen LogP contribution >= 0.6 is 0 Å². The van der Waals surface area contributed by atoms with Gasteiger partial charge in [-0.05, 0) is 47.6 Å². The number of aliphatic hydroxyl groups excluding tert-OH is 1. The van der Waals surface area contributed by atoms with Gasteiger partial charge >= 0.3 is 0 Å². The zero-order chi connectivity index (χ0) is 24.7. The van der Waals surface area contributed by atoms with E-state index in [4.69, 9.17) is 5.10 Å². The molecule has 0 unspecified atom stereocenters. The van der Waals surface area contributed by atoms with Gasteiger partial charge in [0.2, 0.25) is 0 Å². The van der Waals surface area contributed by atoms with Crippen LogP contribution in [0.4, 0.5) is 0 Å². The lowest BCUT2D eigenvalue weighted by Gasteiger charge is -2.51. The molecule has 0 saturated carbocycles. The molecule has 1 atom stereocenters. The highest BCUT2D eigenvalue weighted by Gasteiger charge is 2.41. The van der Waals surface area contributed by atoms with Crippen LogP contribution in [0.15, 0.2) is 5.10 Å². The summed E-state index contributed by atoms with van der Waals surface area (Å²) in [5.74, 6) is 0. The Hall–Kier alpha value is -0.610. The van der Waals surface area contributed by atoms with Crippen molar-refractivity contribution < 1.29 is 5.11 Å². The number of unbranched alkanes of at least 4 members (excludes halogenated alkanes) is 14. The van der Waals surface area contributed by atoms with Crippen LogP contribution in [-0.2, 0) is 0 Å². The molecule has 0 aromatic carbocycles. The fraction of sp³-hybridized carbons (Fsp3) is 0.966. The van der Waals surface area contributed by atoms with Gasteiger partial charge < -0.3 is 5.11 Å². The Morgan fingerprint density at radius 1 is 0.758 bits per heavy atom. The van der Waals surface area contributed by atoms with Gasteiger partial charge in [-0.25, -0.2) is 0 Å². The average Bonchev–Trinajstić information content (AvgIpc) is 2.74. The van der Waals surface area contributed by atoms with E-state index < -0.39 is 6.23 Å². The van der Waals surface area contributed by atoms with Gasteiger partial charge in [0, 0.05) is 36.7 Å². The Kier molecular flexibility index (Phi) is 14.9. The molecule has 0 aliphatic carbocycles. The van der Waals surface area contributed by atoms with E-state index in [0.29, 0.717) is 0 Å². The number of hydrogen-bond donors (Lipinski definition) is 1. The van der Waals surface area contributed by atoms with Crippen molar-refractivity contribution in [3.8, 4) is 0 Å². The predicted molar refractivity (Wildman–Crippen MR) is 146 cm³/mol. The first-order valence-electron chi connectivity index (χ1n) is 14.3. The monoisotopic (exact) mass is 465 g/mol. The molecule has 4 heteroatoms. The minimum atomic E-state index is -0.467. The van der Waals surface area contributed by atoms with E-state index in [-0.39, 0.29) is 11.1 Å². The maximum Gasteiger partial charge on any atom is 0.142 e. The first-order valence-corrected chi connectivity index (χ1v) is 14.3. The SMILES string of the molecule is CCCCCCCCCCCCCCCCC[C@@H](O)N(C)N=C1CC(C)(C)N(C)C(C)(C)C1. The van der Waals surface area contributed by atoms with Gasteiger partial charge in [0.25, 0.3) is 0 Å². The van der Waals surface area contributed by atoms with E-state index >= 15 is 0 Å². The van der Waals surface area contributed by atoms with Crippen molar-refractivity contribution in [2.45, 2.75) is 167 Å². The van der Waals surface area contributed by atoms with Crippen LogP contribution in [-0.4, -0.2) is 52.1 Å². The number of hydrazone groups is 1. The van der Waals surface area contributed by atoms with Crippen LogP contribution in [0.25, 0.3) is 0 Å². The molecule has 1 fully saturated rings. The molecule has 1 rings (SSSR count). The molecule has 1 aliphatic rings. The first-order chi connectivity index (χ1) is 15.6. The van der Waals surface area contributed by atoms with Crippen LogP contribution < -0.4 is 0 Å². The molecular weight excluding hydrogens is 406 g/mol. The standard InChI is InChI=1S/C29H59N3O/c1-8-9-10-11-12-13-14-15-16-17-18-19-20-21-22-23-27(33)31(6)30-26-24-28(2,3)32(7)29(4,5)25-26/h27,33H,8-25H2,1-7H3/t27-/m1/s1. The number of nitrogens with zero attached hydrogens (tertiary/aromatic N) is 3. The van der Waals surface area contributed by atoms with Crippen molar-refractivity contribution in [3.63, 3.8) is 0 Å². The van der Waals surface area contributed by atoms with Crippen molar-refractivity contribution in [1.82, 2.24) is 9.91 Å². The van der Waals surface area contributed by atoms with Crippen molar-refractivity contribution in [2.75, 3.05) is 14.1 Å². The van der Waals surface area contributed by atoms with Gasteiger partial charge in [0.1, 0.15) is 6.23 Å². The largest absolute Gasteiger partial charge is 0.372 e. The van der Waals surface area contributed by atoms with Crippen LogP contribution in [0.3, 0.4) is 0 Å². The Bertz CT molecular complexity index is 509.